The van der Waals surface area contributed by atoms with Gasteiger partial charge in [0.15, 0.2) is 17.5 Å². The number of carbonyl (C=O) groups is 1. The zero-order valence-corrected chi connectivity index (χ0v) is 13.3. The van der Waals surface area contributed by atoms with Crippen molar-refractivity contribution in [2.75, 3.05) is 0 Å². The van der Waals surface area contributed by atoms with E-state index in [0.717, 1.165) is 17.2 Å². The number of nitrogens with one attached hydrogen (secondary N) is 2. The highest BCUT2D eigenvalue weighted by molar-refractivity contribution is 5.76. The van der Waals surface area contributed by atoms with E-state index < -0.39 is 11.6 Å². The third-order valence-electron chi connectivity index (χ3n) is 3.76. The highest BCUT2D eigenvalue weighted by atomic mass is 19.2. The summed E-state index contributed by atoms with van der Waals surface area (Å²) in [5.74, 6) is -1.37. The maximum absolute atomic E-state index is 13.6. The van der Waals surface area contributed by atoms with Crippen molar-refractivity contribution in [3.05, 3.63) is 71.6 Å². The molecule has 0 saturated carbocycles. The minimum atomic E-state index is -0.901. The lowest BCUT2D eigenvalue weighted by Crippen LogP contribution is -2.23. The van der Waals surface area contributed by atoms with Crippen LogP contribution in [0.2, 0.25) is 0 Å². The molecule has 7 heteroatoms. The van der Waals surface area contributed by atoms with Crippen molar-refractivity contribution in [3.63, 3.8) is 0 Å². The smallest absolute Gasteiger partial charge is 0.220 e. The largest absolute Gasteiger partial charge is 0.352 e. The first kappa shape index (κ1) is 16.8. The van der Waals surface area contributed by atoms with E-state index in [4.69, 9.17) is 0 Å². The lowest BCUT2D eigenvalue weighted by atomic mass is 10.1. The van der Waals surface area contributed by atoms with Crippen LogP contribution in [0.1, 0.15) is 17.5 Å². The van der Waals surface area contributed by atoms with Crippen LogP contribution in [0, 0.1) is 11.6 Å². The van der Waals surface area contributed by atoms with Gasteiger partial charge in [0.05, 0.1) is 0 Å². The molecule has 2 aromatic carbocycles. The molecule has 0 radical (unpaired) electrons. The number of aryl methyl sites for hydroxylation is 1. The molecule has 0 unspecified atom stereocenters. The van der Waals surface area contributed by atoms with Gasteiger partial charge >= 0.3 is 0 Å². The normalized spacial score (nSPS) is 10.6. The Morgan fingerprint density at radius 3 is 2.80 bits per heavy atom. The summed E-state index contributed by atoms with van der Waals surface area (Å²) in [5, 5.41) is 9.36. The lowest BCUT2D eigenvalue weighted by Gasteiger charge is -2.07. The SMILES string of the molecule is O=C(CCc1cccc(F)c1F)NCc1cccc(-c2ncn[nH]2)c1. The van der Waals surface area contributed by atoms with E-state index in [1.807, 2.05) is 24.3 Å². The number of benzene rings is 2. The van der Waals surface area contributed by atoms with Gasteiger partial charge in [-0.3, -0.25) is 9.89 Å². The van der Waals surface area contributed by atoms with E-state index in [2.05, 4.69) is 20.5 Å². The van der Waals surface area contributed by atoms with E-state index in [9.17, 15) is 13.6 Å². The van der Waals surface area contributed by atoms with E-state index in [0.29, 0.717) is 12.4 Å². The average molecular weight is 342 g/mol. The summed E-state index contributed by atoms with van der Waals surface area (Å²) in [6, 6.07) is 11.5. The quantitative estimate of drug-likeness (QED) is 0.723. The van der Waals surface area contributed by atoms with E-state index in [1.165, 1.54) is 18.5 Å². The summed E-state index contributed by atoms with van der Waals surface area (Å²) in [5.41, 5.74) is 1.97. The molecule has 25 heavy (non-hydrogen) atoms. The van der Waals surface area contributed by atoms with Gasteiger partial charge in [0.25, 0.3) is 0 Å². The molecule has 3 rings (SSSR count). The number of nitrogens with zero attached hydrogens (tertiary/aromatic N) is 2. The van der Waals surface area contributed by atoms with Crippen LogP contribution in [0.3, 0.4) is 0 Å². The number of halogens is 2. The first-order chi connectivity index (χ1) is 12.1. The minimum Gasteiger partial charge on any atom is -0.352 e. The predicted octanol–water partition coefficient (Wildman–Crippen LogP) is 3.00. The molecule has 3 aromatic rings. The van der Waals surface area contributed by atoms with Gasteiger partial charge in [0.2, 0.25) is 5.91 Å². The van der Waals surface area contributed by atoms with Gasteiger partial charge in [0, 0.05) is 18.5 Å². The van der Waals surface area contributed by atoms with Crippen molar-refractivity contribution in [2.45, 2.75) is 19.4 Å². The zero-order valence-electron chi connectivity index (χ0n) is 13.3. The van der Waals surface area contributed by atoms with Gasteiger partial charge in [-0.1, -0.05) is 30.3 Å². The number of carbonyl (C=O) groups excluding carboxylic acids is 1. The van der Waals surface area contributed by atoms with Crippen molar-refractivity contribution >= 4 is 5.91 Å². The van der Waals surface area contributed by atoms with Gasteiger partial charge in [-0.25, -0.2) is 13.8 Å². The molecule has 1 heterocycles. The Bertz CT molecular complexity index is 865. The van der Waals surface area contributed by atoms with Crippen molar-refractivity contribution in [3.8, 4) is 11.4 Å². The summed E-state index contributed by atoms with van der Waals surface area (Å²) in [7, 11) is 0. The summed E-state index contributed by atoms with van der Waals surface area (Å²) >= 11 is 0. The maximum Gasteiger partial charge on any atom is 0.220 e. The highest BCUT2D eigenvalue weighted by Crippen LogP contribution is 2.16. The van der Waals surface area contributed by atoms with Gasteiger partial charge in [0.1, 0.15) is 6.33 Å². The fourth-order valence-corrected chi connectivity index (χ4v) is 2.45. The van der Waals surface area contributed by atoms with E-state index >= 15 is 0 Å². The van der Waals surface area contributed by atoms with Crippen molar-refractivity contribution in [2.24, 2.45) is 0 Å². The van der Waals surface area contributed by atoms with Crippen molar-refractivity contribution < 1.29 is 13.6 Å². The lowest BCUT2D eigenvalue weighted by molar-refractivity contribution is -0.121. The fraction of sp³-hybridized carbons (Fsp3) is 0.167. The van der Waals surface area contributed by atoms with Crippen LogP contribution in [0.25, 0.3) is 11.4 Å². The van der Waals surface area contributed by atoms with Crippen LogP contribution in [-0.4, -0.2) is 21.1 Å². The molecule has 2 N–H and O–H groups in total. The Hall–Kier alpha value is -3.09. The minimum absolute atomic E-state index is 0.0855. The third-order valence-corrected chi connectivity index (χ3v) is 3.76. The number of aromatic amines is 1. The third kappa shape index (κ3) is 4.26. The zero-order chi connectivity index (χ0) is 17.6. The Labute approximate surface area is 143 Å². The monoisotopic (exact) mass is 342 g/mol. The molecular weight excluding hydrogens is 326 g/mol. The summed E-state index contributed by atoms with van der Waals surface area (Å²) < 4.78 is 26.7. The second-order valence-corrected chi connectivity index (χ2v) is 5.52. The Kier molecular flexibility index (Phi) is 5.13. The van der Waals surface area contributed by atoms with E-state index in [-0.39, 0.29) is 24.3 Å². The molecule has 0 bridgehead atoms. The average Bonchev–Trinajstić information content (AvgIpc) is 3.16. The molecule has 0 spiro atoms. The number of hydrogen-bond acceptors (Lipinski definition) is 3. The summed E-state index contributed by atoms with van der Waals surface area (Å²) in [4.78, 5) is 16.0. The second-order valence-electron chi connectivity index (χ2n) is 5.52. The maximum atomic E-state index is 13.6. The molecule has 5 nitrogen and oxygen atoms in total. The number of rotatable bonds is 6. The van der Waals surface area contributed by atoms with Crippen LogP contribution < -0.4 is 5.32 Å². The second kappa shape index (κ2) is 7.65. The topological polar surface area (TPSA) is 70.7 Å². The van der Waals surface area contributed by atoms with Crippen LogP contribution in [-0.2, 0) is 17.8 Å². The fourth-order valence-electron chi connectivity index (χ4n) is 2.45. The summed E-state index contributed by atoms with van der Waals surface area (Å²) in [6.45, 7) is 0.340. The summed E-state index contributed by atoms with van der Waals surface area (Å²) in [6.07, 6.45) is 1.66. The molecule has 0 saturated heterocycles. The Morgan fingerprint density at radius 2 is 2.00 bits per heavy atom. The molecule has 1 aromatic heterocycles. The molecule has 0 aliphatic rings. The Morgan fingerprint density at radius 1 is 1.16 bits per heavy atom. The van der Waals surface area contributed by atoms with Crippen LogP contribution in [0.5, 0.6) is 0 Å². The van der Waals surface area contributed by atoms with Gasteiger partial charge in [-0.2, -0.15) is 5.10 Å². The van der Waals surface area contributed by atoms with Crippen LogP contribution in [0.4, 0.5) is 8.78 Å². The Balaban J connectivity index is 1.54. The molecule has 0 atom stereocenters. The first-order valence-electron chi connectivity index (χ1n) is 7.78. The molecular formula is C18H16F2N4O. The molecule has 0 aliphatic carbocycles. The number of amides is 1. The molecule has 0 fully saturated rings. The van der Waals surface area contributed by atoms with Crippen molar-refractivity contribution in [1.82, 2.24) is 20.5 Å². The molecule has 128 valence electrons. The number of hydrogen-bond donors (Lipinski definition) is 2. The standard InChI is InChI=1S/C18H16F2N4O/c19-15-6-2-4-13(17(15)20)7-8-16(25)21-10-12-3-1-5-14(9-12)18-22-11-23-24-18/h1-6,9,11H,7-8,10H2,(H,21,25)(H,22,23,24). The number of aromatic nitrogens is 3. The first-order valence-corrected chi connectivity index (χ1v) is 7.78. The van der Waals surface area contributed by atoms with Crippen LogP contribution >= 0.6 is 0 Å². The highest BCUT2D eigenvalue weighted by Gasteiger charge is 2.10. The number of H-pyrrole nitrogens is 1. The van der Waals surface area contributed by atoms with Crippen LogP contribution in [0.15, 0.2) is 48.8 Å². The van der Waals surface area contributed by atoms with Gasteiger partial charge < -0.3 is 5.32 Å². The molecule has 1 amide bonds. The molecule has 0 aliphatic heterocycles. The van der Waals surface area contributed by atoms with Gasteiger partial charge in [-0.05, 0) is 29.7 Å². The predicted molar refractivity (Wildman–Crippen MR) is 88.3 cm³/mol. The van der Waals surface area contributed by atoms with E-state index in [1.54, 1.807) is 0 Å². The van der Waals surface area contributed by atoms with Crippen molar-refractivity contribution in [1.29, 1.82) is 0 Å². The van der Waals surface area contributed by atoms with Gasteiger partial charge in [-0.15, -0.1) is 0 Å².